The molecule has 1 aliphatic heterocycles. The summed E-state index contributed by atoms with van der Waals surface area (Å²) >= 11 is 0. The van der Waals surface area contributed by atoms with E-state index in [1.165, 1.54) is 24.1 Å². The average molecular weight is 234 g/mol. The Hall–Kier alpha value is -2.34. The average Bonchev–Trinajstić information content (AvgIpc) is 2.41. The van der Waals surface area contributed by atoms with Gasteiger partial charge in [0, 0.05) is 12.7 Å². The molecule has 0 radical (unpaired) electrons. The van der Waals surface area contributed by atoms with E-state index in [0.717, 1.165) is 5.01 Å². The number of nitrogens with one attached hydrogen (secondary N) is 1. The van der Waals surface area contributed by atoms with Crippen molar-refractivity contribution in [3.8, 4) is 0 Å². The van der Waals surface area contributed by atoms with Crippen molar-refractivity contribution < 1.29 is 9.90 Å². The molecule has 1 amide bonds. The van der Waals surface area contributed by atoms with Crippen molar-refractivity contribution in [3.63, 3.8) is 0 Å². The Morgan fingerprint density at radius 3 is 2.47 bits per heavy atom. The summed E-state index contributed by atoms with van der Waals surface area (Å²) in [5.74, 6) is 0. The molecule has 6 nitrogen and oxygen atoms in total. The molecular weight excluding hydrogens is 220 g/mol. The number of hydrogen-bond donors (Lipinski definition) is 3. The molecular formula is C11H14N4O2. The number of rotatable bonds is 1. The Labute approximate surface area is 99.0 Å². The summed E-state index contributed by atoms with van der Waals surface area (Å²) in [6, 6.07) is 9.99. The van der Waals surface area contributed by atoms with E-state index in [1.807, 2.05) is 30.3 Å². The Morgan fingerprint density at radius 1 is 1.41 bits per heavy atom. The molecule has 0 fully saturated rings. The van der Waals surface area contributed by atoms with Crippen LogP contribution in [-0.4, -0.2) is 22.4 Å². The van der Waals surface area contributed by atoms with Crippen molar-refractivity contribution in [3.05, 3.63) is 48.2 Å². The minimum absolute atomic E-state index is 0.640. The molecule has 0 saturated carbocycles. The zero-order valence-electron chi connectivity index (χ0n) is 9.15. The SMILES string of the molecule is NCc1ccccc1.O=C(O)N1C=CC=NN1. The molecule has 0 saturated heterocycles. The first-order valence-electron chi connectivity index (χ1n) is 4.95. The van der Waals surface area contributed by atoms with E-state index < -0.39 is 6.09 Å². The second kappa shape index (κ2) is 7.02. The molecule has 17 heavy (non-hydrogen) atoms. The molecule has 0 atom stereocenters. The number of carbonyl (C=O) groups is 1. The minimum atomic E-state index is -1.08. The van der Waals surface area contributed by atoms with Gasteiger partial charge in [-0.2, -0.15) is 10.1 Å². The monoisotopic (exact) mass is 234 g/mol. The van der Waals surface area contributed by atoms with Crippen LogP contribution in [0.3, 0.4) is 0 Å². The third-order valence-electron chi connectivity index (χ3n) is 1.85. The lowest BCUT2D eigenvalue weighted by atomic mass is 10.2. The Balaban J connectivity index is 0.000000171. The van der Waals surface area contributed by atoms with Crippen molar-refractivity contribution in [2.45, 2.75) is 6.54 Å². The van der Waals surface area contributed by atoms with Crippen LogP contribution >= 0.6 is 0 Å². The summed E-state index contributed by atoms with van der Waals surface area (Å²) in [6.07, 6.45) is 3.25. The fraction of sp³-hybridized carbons (Fsp3) is 0.0909. The van der Waals surface area contributed by atoms with Gasteiger partial charge in [-0.3, -0.25) is 0 Å². The van der Waals surface area contributed by atoms with Gasteiger partial charge in [-0.15, -0.1) is 0 Å². The van der Waals surface area contributed by atoms with Crippen LogP contribution in [0.2, 0.25) is 0 Å². The van der Waals surface area contributed by atoms with E-state index in [1.54, 1.807) is 0 Å². The lowest BCUT2D eigenvalue weighted by molar-refractivity contribution is 0.145. The van der Waals surface area contributed by atoms with Crippen molar-refractivity contribution in [2.75, 3.05) is 0 Å². The van der Waals surface area contributed by atoms with Crippen LogP contribution in [-0.2, 0) is 6.54 Å². The van der Waals surface area contributed by atoms with Gasteiger partial charge in [0.15, 0.2) is 0 Å². The summed E-state index contributed by atoms with van der Waals surface area (Å²) in [5.41, 5.74) is 8.77. The highest BCUT2D eigenvalue weighted by Crippen LogP contribution is 1.94. The predicted molar refractivity (Wildman–Crippen MR) is 65.0 cm³/mol. The zero-order chi connectivity index (χ0) is 12.5. The van der Waals surface area contributed by atoms with E-state index in [0.29, 0.717) is 6.54 Å². The fourth-order valence-corrected chi connectivity index (χ4v) is 1.02. The van der Waals surface area contributed by atoms with Crippen molar-refractivity contribution in [1.82, 2.24) is 10.5 Å². The highest BCUT2D eigenvalue weighted by atomic mass is 16.4. The molecule has 0 aromatic heterocycles. The van der Waals surface area contributed by atoms with E-state index in [4.69, 9.17) is 10.8 Å². The number of hydrogen-bond acceptors (Lipinski definition) is 4. The van der Waals surface area contributed by atoms with E-state index >= 15 is 0 Å². The van der Waals surface area contributed by atoms with Crippen LogP contribution < -0.4 is 11.3 Å². The summed E-state index contributed by atoms with van der Waals surface area (Å²) in [6.45, 7) is 0.640. The number of hydrazine groups is 1. The number of hydrazone groups is 1. The normalized spacial score (nSPS) is 12.4. The topological polar surface area (TPSA) is 91.0 Å². The molecule has 0 spiro atoms. The number of allylic oxidation sites excluding steroid dienone is 1. The fourth-order valence-electron chi connectivity index (χ4n) is 1.02. The Kier molecular flexibility index (Phi) is 5.26. The van der Waals surface area contributed by atoms with Crippen LogP contribution in [0.5, 0.6) is 0 Å². The van der Waals surface area contributed by atoms with E-state index in [-0.39, 0.29) is 0 Å². The van der Waals surface area contributed by atoms with Crippen molar-refractivity contribution in [1.29, 1.82) is 0 Å². The predicted octanol–water partition coefficient (Wildman–Crippen LogP) is 1.13. The largest absolute Gasteiger partial charge is 0.463 e. The van der Waals surface area contributed by atoms with Gasteiger partial charge < -0.3 is 10.8 Å². The number of amides is 1. The summed E-state index contributed by atoms with van der Waals surface area (Å²) in [5, 5.41) is 12.6. The first-order chi connectivity index (χ1) is 8.24. The number of nitrogens with two attached hydrogens (primary N) is 1. The zero-order valence-corrected chi connectivity index (χ0v) is 9.15. The molecule has 0 bridgehead atoms. The minimum Gasteiger partial charge on any atom is -0.463 e. The summed E-state index contributed by atoms with van der Waals surface area (Å²) in [7, 11) is 0. The molecule has 0 aliphatic carbocycles. The lowest BCUT2D eigenvalue weighted by Crippen LogP contribution is -2.35. The first kappa shape index (κ1) is 12.7. The van der Waals surface area contributed by atoms with Gasteiger partial charge in [0.2, 0.25) is 0 Å². The standard InChI is InChI=1S/C7H9N.C4H5N3O2/c8-6-7-4-2-1-3-5-7;8-4(9)7-3-1-2-5-6-7/h1-5H,6,8H2;1-3,6H,(H,8,9). The molecule has 2 rings (SSSR count). The molecule has 1 heterocycles. The molecule has 0 unspecified atom stereocenters. The second-order valence-electron chi connectivity index (χ2n) is 3.06. The summed E-state index contributed by atoms with van der Waals surface area (Å²) < 4.78 is 0. The van der Waals surface area contributed by atoms with E-state index in [2.05, 4.69) is 10.6 Å². The van der Waals surface area contributed by atoms with Crippen LogP contribution in [0.15, 0.2) is 47.7 Å². The van der Waals surface area contributed by atoms with Gasteiger partial charge in [0.25, 0.3) is 0 Å². The molecule has 6 heteroatoms. The van der Waals surface area contributed by atoms with Gasteiger partial charge in [-0.25, -0.2) is 10.3 Å². The number of nitrogens with zero attached hydrogens (tertiary/aromatic N) is 2. The quantitative estimate of drug-likeness (QED) is 0.679. The maximum Gasteiger partial charge on any atom is 0.431 e. The van der Waals surface area contributed by atoms with E-state index in [9.17, 15) is 4.79 Å². The third-order valence-corrected chi connectivity index (χ3v) is 1.85. The van der Waals surface area contributed by atoms with Crippen molar-refractivity contribution >= 4 is 12.3 Å². The lowest BCUT2D eigenvalue weighted by Gasteiger charge is -2.13. The Bertz CT molecular complexity index is 403. The second-order valence-corrected chi connectivity index (χ2v) is 3.06. The molecule has 90 valence electrons. The van der Waals surface area contributed by atoms with Gasteiger partial charge in [0.1, 0.15) is 0 Å². The molecule has 4 N–H and O–H groups in total. The van der Waals surface area contributed by atoms with Crippen molar-refractivity contribution in [2.24, 2.45) is 10.8 Å². The third kappa shape index (κ3) is 4.80. The van der Waals surface area contributed by atoms with Crippen LogP contribution in [0.25, 0.3) is 0 Å². The Morgan fingerprint density at radius 2 is 2.12 bits per heavy atom. The molecule has 1 aromatic rings. The smallest absolute Gasteiger partial charge is 0.431 e. The maximum atomic E-state index is 10.1. The highest BCUT2D eigenvalue weighted by molar-refractivity contribution is 5.74. The highest BCUT2D eigenvalue weighted by Gasteiger charge is 2.06. The van der Waals surface area contributed by atoms with Gasteiger partial charge >= 0.3 is 6.09 Å². The van der Waals surface area contributed by atoms with Gasteiger partial charge in [-0.05, 0) is 11.6 Å². The van der Waals surface area contributed by atoms with Crippen LogP contribution in [0, 0.1) is 0 Å². The molecule has 1 aromatic carbocycles. The van der Waals surface area contributed by atoms with Gasteiger partial charge in [0.05, 0.1) is 6.21 Å². The van der Waals surface area contributed by atoms with Gasteiger partial charge in [-0.1, -0.05) is 30.3 Å². The molecule has 1 aliphatic rings. The summed E-state index contributed by atoms with van der Waals surface area (Å²) in [4.78, 5) is 10.1. The number of carboxylic acid groups (broad SMARTS) is 1. The van der Waals surface area contributed by atoms with Crippen LogP contribution in [0.4, 0.5) is 4.79 Å². The van der Waals surface area contributed by atoms with Crippen LogP contribution in [0.1, 0.15) is 5.56 Å². The number of benzene rings is 1. The first-order valence-corrected chi connectivity index (χ1v) is 4.95. The maximum absolute atomic E-state index is 10.1.